The van der Waals surface area contributed by atoms with Crippen LogP contribution >= 0.6 is 0 Å². The van der Waals surface area contributed by atoms with Gasteiger partial charge in [-0.2, -0.15) is 5.10 Å². The molecule has 6 heteroatoms. The van der Waals surface area contributed by atoms with E-state index in [4.69, 9.17) is 5.10 Å². The van der Waals surface area contributed by atoms with Crippen molar-refractivity contribution >= 4 is 5.69 Å². The Balaban J connectivity index is 2.12. The number of nitrogens with one attached hydrogen (secondary N) is 1. The van der Waals surface area contributed by atoms with E-state index < -0.39 is 0 Å². The Morgan fingerprint density at radius 1 is 1.41 bits per heavy atom. The predicted octanol–water partition coefficient (Wildman–Crippen LogP) is 2.99. The van der Waals surface area contributed by atoms with Gasteiger partial charge in [-0.1, -0.05) is 0 Å². The van der Waals surface area contributed by atoms with E-state index in [2.05, 4.69) is 23.8 Å². The second-order valence-corrected chi connectivity index (χ2v) is 6.00. The zero-order valence-electron chi connectivity index (χ0n) is 13.1. The molecule has 2 aromatic rings. The quantitative estimate of drug-likeness (QED) is 0.698. The standard InChI is InChI=1S/C16H20N4O2/c1-10(2)19-15-6-7-17-9-13(15)16(18-19)12-4-5-14(20(21)22)11(3)8-12/h4-5,8,10,17H,6-7,9H2,1-3H3. The SMILES string of the molecule is Cc1cc(-c2nn(C(C)C)c3c2CNCC3)ccc1[N+](=O)[O-]. The van der Waals surface area contributed by atoms with E-state index in [9.17, 15) is 10.1 Å². The lowest BCUT2D eigenvalue weighted by atomic mass is 10.00. The monoisotopic (exact) mass is 300 g/mol. The molecule has 0 fully saturated rings. The molecule has 6 nitrogen and oxygen atoms in total. The minimum absolute atomic E-state index is 0.152. The molecule has 1 aliphatic heterocycles. The summed E-state index contributed by atoms with van der Waals surface area (Å²) in [6, 6.07) is 5.54. The predicted molar refractivity (Wildman–Crippen MR) is 84.9 cm³/mol. The first-order chi connectivity index (χ1) is 10.5. The molecule has 0 radical (unpaired) electrons. The third-order valence-electron chi connectivity index (χ3n) is 4.11. The Hall–Kier alpha value is -2.21. The van der Waals surface area contributed by atoms with Crippen LogP contribution in [-0.2, 0) is 13.0 Å². The number of rotatable bonds is 3. The van der Waals surface area contributed by atoms with Crippen LogP contribution in [0.3, 0.4) is 0 Å². The summed E-state index contributed by atoms with van der Waals surface area (Å²) in [5.74, 6) is 0. The fourth-order valence-electron chi connectivity index (χ4n) is 3.04. The number of fused-ring (bicyclic) bond motifs is 1. The van der Waals surface area contributed by atoms with E-state index in [0.717, 1.165) is 30.8 Å². The van der Waals surface area contributed by atoms with Gasteiger partial charge in [0.2, 0.25) is 0 Å². The van der Waals surface area contributed by atoms with Gasteiger partial charge in [0.1, 0.15) is 0 Å². The third-order valence-corrected chi connectivity index (χ3v) is 4.11. The molecule has 1 aliphatic rings. The number of hydrogen-bond donors (Lipinski definition) is 1. The van der Waals surface area contributed by atoms with E-state index in [1.165, 1.54) is 11.3 Å². The molecule has 0 saturated carbocycles. The van der Waals surface area contributed by atoms with Gasteiger partial charge in [-0.05, 0) is 32.9 Å². The van der Waals surface area contributed by atoms with Gasteiger partial charge in [0, 0.05) is 54.0 Å². The third kappa shape index (κ3) is 2.39. The second-order valence-electron chi connectivity index (χ2n) is 6.00. The first kappa shape index (κ1) is 14.7. The maximum atomic E-state index is 11.0. The summed E-state index contributed by atoms with van der Waals surface area (Å²) in [5.41, 5.74) is 5.20. The van der Waals surface area contributed by atoms with Crippen molar-refractivity contribution in [3.63, 3.8) is 0 Å². The van der Waals surface area contributed by atoms with Gasteiger partial charge in [0.15, 0.2) is 0 Å². The first-order valence-corrected chi connectivity index (χ1v) is 7.55. The molecule has 0 saturated heterocycles. The number of benzene rings is 1. The van der Waals surface area contributed by atoms with Crippen molar-refractivity contribution in [1.29, 1.82) is 0 Å². The number of nitro groups is 1. The zero-order chi connectivity index (χ0) is 15.9. The fraction of sp³-hybridized carbons (Fsp3) is 0.438. The average Bonchev–Trinajstić information content (AvgIpc) is 2.86. The lowest BCUT2D eigenvalue weighted by Gasteiger charge is -2.17. The van der Waals surface area contributed by atoms with E-state index in [1.54, 1.807) is 19.1 Å². The molecule has 3 rings (SSSR count). The minimum atomic E-state index is -0.344. The van der Waals surface area contributed by atoms with E-state index in [0.29, 0.717) is 11.6 Å². The van der Waals surface area contributed by atoms with Crippen molar-refractivity contribution in [2.24, 2.45) is 0 Å². The highest BCUT2D eigenvalue weighted by Crippen LogP contribution is 2.31. The number of nitrogens with zero attached hydrogens (tertiary/aromatic N) is 3. The van der Waals surface area contributed by atoms with Crippen LogP contribution in [0.15, 0.2) is 18.2 Å². The molecular weight excluding hydrogens is 280 g/mol. The van der Waals surface area contributed by atoms with Crippen molar-refractivity contribution in [2.45, 2.75) is 39.8 Å². The zero-order valence-corrected chi connectivity index (χ0v) is 13.1. The molecule has 2 heterocycles. The average molecular weight is 300 g/mol. The lowest BCUT2D eigenvalue weighted by Crippen LogP contribution is -2.25. The maximum Gasteiger partial charge on any atom is 0.272 e. The molecule has 1 aromatic heterocycles. The molecule has 0 bridgehead atoms. The molecule has 22 heavy (non-hydrogen) atoms. The van der Waals surface area contributed by atoms with E-state index >= 15 is 0 Å². The highest BCUT2D eigenvalue weighted by Gasteiger charge is 2.23. The second kappa shape index (κ2) is 5.53. The van der Waals surface area contributed by atoms with Gasteiger partial charge < -0.3 is 5.32 Å². The van der Waals surface area contributed by atoms with Crippen LogP contribution in [0.2, 0.25) is 0 Å². The van der Waals surface area contributed by atoms with Gasteiger partial charge in [-0.15, -0.1) is 0 Å². The highest BCUT2D eigenvalue weighted by molar-refractivity contribution is 5.67. The fourth-order valence-corrected chi connectivity index (χ4v) is 3.04. The van der Waals surface area contributed by atoms with Crippen LogP contribution in [0.25, 0.3) is 11.3 Å². The van der Waals surface area contributed by atoms with E-state index in [-0.39, 0.29) is 10.6 Å². The molecule has 0 spiro atoms. The van der Waals surface area contributed by atoms with Crippen molar-refractivity contribution < 1.29 is 4.92 Å². The summed E-state index contributed by atoms with van der Waals surface area (Å²) in [7, 11) is 0. The summed E-state index contributed by atoms with van der Waals surface area (Å²) in [6.45, 7) is 7.78. The summed E-state index contributed by atoms with van der Waals surface area (Å²) >= 11 is 0. The summed E-state index contributed by atoms with van der Waals surface area (Å²) in [4.78, 5) is 10.6. The van der Waals surface area contributed by atoms with Gasteiger partial charge in [0.25, 0.3) is 5.69 Å². The number of hydrogen-bond acceptors (Lipinski definition) is 4. The van der Waals surface area contributed by atoms with Crippen LogP contribution in [0, 0.1) is 17.0 Å². The molecule has 0 amide bonds. The minimum Gasteiger partial charge on any atom is -0.312 e. The number of aryl methyl sites for hydroxylation is 1. The highest BCUT2D eigenvalue weighted by atomic mass is 16.6. The first-order valence-electron chi connectivity index (χ1n) is 7.55. The normalized spacial score (nSPS) is 14.2. The molecule has 1 N–H and O–H groups in total. The van der Waals surface area contributed by atoms with Crippen LogP contribution in [-0.4, -0.2) is 21.2 Å². The van der Waals surface area contributed by atoms with Crippen molar-refractivity contribution in [3.8, 4) is 11.3 Å². The van der Waals surface area contributed by atoms with Crippen LogP contribution in [0.5, 0.6) is 0 Å². The van der Waals surface area contributed by atoms with Gasteiger partial charge in [-0.25, -0.2) is 0 Å². The molecule has 0 aliphatic carbocycles. The molecule has 0 unspecified atom stereocenters. The van der Waals surface area contributed by atoms with Crippen molar-refractivity contribution in [3.05, 3.63) is 45.1 Å². The van der Waals surface area contributed by atoms with Crippen molar-refractivity contribution in [2.75, 3.05) is 6.54 Å². The van der Waals surface area contributed by atoms with Crippen LogP contribution < -0.4 is 5.32 Å². The number of nitro benzene ring substituents is 1. The van der Waals surface area contributed by atoms with Crippen molar-refractivity contribution in [1.82, 2.24) is 15.1 Å². The Morgan fingerprint density at radius 2 is 2.18 bits per heavy atom. The Labute approximate surface area is 129 Å². The number of aromatic nitrogens is 2. The summed E-state index contributed by atoms with van der Waals surface area (Å²) in [5, 5.41) is 19.1. The topological polar surface area (TPSA) is 73.0 Å². The molecule has 116 valence electrons. The van der Waals surface area contributed by atoms with Gasteiger partial charge >= 0.3 is 0 Å². The smallest absolute Gasteiger partial charge is 0.272 e. The molecule has 1 aromatic carbocycles. The lowest BCUT2D eigenvalue weighted by molar-refractivity contribution is -0.385. The summed E-state index contributed by atoms with van der Waals surface area (Å²) in [6.07, 6.45) is 0.965. The Bertz CT molecular complexity index is 734. The van der Waals surface area contributed by atoms with Crippen LogP contribution in [0.1, 0.15) is 36.7 Å². The molecule has 0 atom stereocenters. The largest absolute Gasteiger partial charge is 0.312 e. The summed E-state index contributed by atoms with van der Waals surface area (Å²) < 4.78 is 2.09. The van der Waals surface area contributed by atoms with Gasteiger partial charge in [0.05, 0.1) is 10.6 Å². The Kier molecular flexibility index (Phi) is 3.70. The maximum absolute atomic E-state index is 11.0. The molecular formula is C16H20N4O2. The Morgan fingerprint density at radius 3 is 2.82 bits per heavy atom. The van der Waals surface area contributed by atoms with Gasteiger partial charge in [-0.3, -0.25) is 14.8 Å². The van der Waals surface area contributed by atoms with E-state index in [1.807, 2.05) is 6.07 Å². The van der Waals surface area contributed by atoms with Crippen LogP contribution in [0.4, 0.5) is 5.69 Å².